The highest BCUT2D eigenvalue weighted by Gasteiger charge is 2.30. The van der Waals surface area contributed by atoms with Crippen molar-refractivity contribution < 1.29 is 37.0 Å². The van der Waals surface area contributed by atoms with Gasteiger partial charge in [0.1, 0.15) is 0 Å². The molecule has 7 nitrogen and oxygen atoms in total. The molecular formula is C21H15F4N3O4. The number of pyridine rings is 1. The van der Waals surface area contributed by atoms with Crippen LogP contribution in [0.15, 0.2) is 60.8 Å². The zero-order valence-electron chi connectivity index (χ0n) is 16.1. The van der Waals surface area contributed by atoms with Crippen LogP contribution in [-0.4, -0.2) is 22.1 Å². The normalized spacial score (nSPS) is 11.0. The van der Waals surface area contributed by atoms with E-state index < -0.39 is 29.6 Å². The van der Waals surface area contributed by atoms with E-state index >= 15 is 0 Å². The summed E-state index contributed by atoms with van der Waals surface area (Å²) in [6, 6.07) is 10.4. The van der Waals surface area contributed by atoms with Crippen LogP contribution in [0.1, 0.15) is 21.5 Å². The van der Waals surface area contributed by atoms with Crippen molar-refractivity contribution in [1.82, 2.24) is 10.3 Å². The maximum Gasteiger partial charge on any atom is 0.416 e. The first-order valence-corrected chi connectivity index (χ1v) is 8.99. The molecule has 0 aliphatic heterocycles. The molecule has 3 aromatic rings. The molecule has 2 amide bonds. The zero-order valence-corrected chi connectivity index (χ0v) is 16.1. The molecule has 0 saturated heterocycles. The van der Waals surface area contributed by atoms with E-state index in [2.05, 4.69) is 15.6 Å². The van der Waals surface area contributed by atoms with E-state index in [-0.39, 0.29) is 29.4 Å². The van der Waals surface area contributed by atoms with Crippen molar-refractivity contribution in [1.29, 1.82) is 0 Å². The van der Waals surface area contributed by atoms with E-state index in [1.165, 1.54) is 30.5 Å². The van der Waals surface area contributed by atoms with Gasteiger partial charge in [0.2, 0.25) is 5.88 Å². The minimum Gasteiger partial charge on any atom is -0.465 e. The molecule has 0 fully saturated rings. The first kappa shape index (κ1) is 22.5. The molecule has 0 aliphatic carbocycles. The van der Waals surface area contributed by atoms with Crippen molar-refractivity contribution in [3.63, 3.8) is 0 Å². The third-order valence-corrected chi connectivity index (χ3v) is 4.12. The molecule has 32 heavy (non-hydrogen) atoms. The quantitative estimate of drug-likeness (QED) is 0.457. The van der Waals surface area contributed by atoms with E-state index in [0.717, 1.165) is 30.3 Å². The standard InChI is InChI=1S/C21H15F4N3O4/c22-16-9-12(10-27-20(30)31)1-7-17(16)32-18-8-6-15(11-26-18)28-19(29)13-2-4-14(5-3-13)21(23,24)25/h1-9,11,27H,10H2,(H,28,29)(H,30,31). The number of carbonyl (C=O) groups is 2. The molecule has 2 aromatic carbocycles. The molecule has 0 saturated carbocycles. The van der Waals surface area contributed by atoms with Crippen LogP contribution in [0.4, 0.5) is 28.0 Å². The Morgan fingerprint density at radius 2 is 1.75 bits per heavy atom. The predicted molar refractivity (Wildman–Crippen MR) is 105 cm³/mol. The molecule has 11 heteroatoms. The highest BCUT2D eigenvalue weighted by Crippen LogP contribution is 2.29. The number of benzene rings is 2. The van der Waals surface area contributed by atoms with Gasteiger partial charge in [-0.25, -0.2) is 14.2 Å². The molecule has 0 spiro atoms. The summed E-state index contributed by atoms with van der Waals surface area (Å²) in [5.74, 6) is -1.48. The Hall–Kier alpha value is -4.15. The predicted octanol–water partition coefficient (Wildman–Crippen LogP) is 5.05. The van der Waals surface area contributed by atoms with Gasteiger partial charge in [-0.05, 0) is 48.0 Å². The van der Waals surface area contributed by atoms with Crippen LogP contribution in [0.2, 0.25) is 0 Å². The van der Waals surface area contributed by atoms with Crippen LogP contribution in [-0.2, 0) is 12.7 Å². The Balaban J connectivity index is 1.61. The third kappa shape index (κ3) is 5.94. The lowest BCUT2D eigenvalue weighted by Crippen LogP contribution is -2.19. The number of nitrogens with one attached hydrogen (secondary N) is 2. The fourth-order valence-corrected chi connectivity index (χ4v) is 2.56. The molecule has 0 unspecified atom stereocenters. The number of ether oxygens (including phenoxy) is 1. The monoisotopic (exact) mass is 449 g/mol. The lowest BCUT2D eigenvalue weighted by Gasteiger charge is -2.10. The maximum absolute atomic E-state index is 14.1. The zero-order chi connectivity index (χ0) is 23.3. The molecular weight excluding hydrogens is 434 g/mol. The smallest absolute Gasteiger partial charge is 0.416 e. The van der Waals surface area contributed by atoms with Gasteiger partial charge in [0.25, 0.3) is 5.91 Å². The Morgan fingerprint density at radius 3 is 2.31 bits per heavy atom. The first-order valence-electron chi connectivity index (χ1n) is 8.99. The molecule has 0 bridgehead atoms. The lowest BCUT2D eigenvalue weighted by atomic mass is 10.1. The molecule has 1 heterocycles. The molecule has 1 aromatic heterocycles. The highest BCUT2D eigenvalue weighted by molar-refractivity contribution is 6.04. The average Bonchev–Trinajstić information content (AvgIpc) is 2.74. The van der Waals surface area contributed by atoms with E-state index in [1.54, 1.807) is 0 Å². The minimum absolute atomic E-state index is 0.0211. The van der Waals surface area contributed by atoms with Crippen molar-refractivity contribution in [2.75, 3.05) is 5.32 Å². The Kier molecular flexibility index (Phi) is 6.57. The second-order valence-corrected chi connectivity index (χ2v) is 6.44. The summed E-state index contributed by atoms with van der Waals surface area (Å²) in [6.45, 7) is -0.0713. The van der Waals surface area contributed by atoms with Crippen LogP contribution in [0.5, 0.6) is 11.6 Å². The number of amides is 2. The van der Waals surface area contributed by atoms with Crippen LogP contribution in [0, 0.1) is 5.82 Å². The number of rotatable bonds is 6. The molecule has 3 N–H and O–H groups in total. The second-order valence-electron chi connectivity index (χ2n) is 6.44. The number of hydrogen-bond acceptors (Lipinski definition) is 4. The number of nitrogens with zero attached hydrogens (tertiary/aromatic N) is 1. The number of carboxylic acid groups (broad SMARTS) is 1. The molecule has 0 radical (unpaired) electrons. The fraction of sp³-hybridized carbons (Fsp3) is 0.0952. The van der Waals surface area contributed by atoms with Crippen molar-refractivity contribution in [2.45, 2.75) is 12.7 Å². The SMILES string of the molecule is O=C(O)NCc1ccc(Oc2ccc(NC(=O)c3ccc(C(F)(F)F)cc3)cn2)c(F)c1. The Morgan fingerprint density at radius 1 is 1.03 bits per heavy atom. The fourth-order valence-electron chi connectivity index (χ4n) is 2.56. The van der Waals surface area contributed by atoms with Gasteiger partial charge in [-0.1, -0.05) is 6.07 Å². The lowest BCUT2D eigenvalue weighted by molar-refractivity contribution is -0.137. The Labute approximate surface area is 178 Å². The molecule has 166 valence electrons. The summed E-state index contributed by atoms with van der Waals surface area (Å²) in [4.78, 5) is 26.6. The van der Waals surface area contributed by atoms with Gasteiger partial charge in [0, 0.05) is 18.2 Å². The summed E-state index contributed by atoms with van der Waals surface area (Å²) >= 11 is 0. The van der Waals surface area contributed by atoms with E-state index in [1.807, 2.05) is 0 Å². The molecule has 0 atom stereocenters. The van der Waals surface area contributed by atoms with Gasteiger partial charge in [0.15, 0.2) is 11.6 Å². The molecule has 0 aliphatic rings. The number of halogens is 4. The van der Waals surface area contributed by atoms with Crippen molar-refractivity contribution in [3.05, 3.63) is 83.3 Å². The molecule has 3 rings (SSSR count). The van der Waals surface area contributed by atoms with Crippen molar-refractivity contribution in [2.24, 2.45) is 0 Å². The summed E-state index contributed by atoms with van der Waals surface area (Å²) < 4.78 is 57.3. The number of alkyl halides is 3. The minimum atomic E-state index is -4.50. The van der Waals surface area contributed by atoms with Gasteiger partial charge in [0.05, 0.1) is 17.4 Å². The highest BCUT2D eigenvalue weighted by atomic mass is 19.4. The van der Waals surface area contributed by atoms with E-state index in [0.29, 0.717) is 5.56 Å². The number of hydrogen-bond donors (Lipinski definition) is 3. The van der Waals surface area contributed by atoms with Gasteiger partial charge in [-0.15, -0.1) is 0 Å². The van der Waals surface area contributed by atoms with Gasteiger partial charge in [-0.2, -0.15) is 13.2 Å². The third-order valence-electron chi connectivity index (χ3n) is 4.12. The number of aromatic nitrogens is 1. The van der Waals surface area contributed by atoms with Gasteiger partial charge in [-0.3, -0.25) is 4.79 Å². The summed E-state index contributed by atoms with van der Waals surface area (Å²) in [5, 5.41) is 13.2. The topological polar surface area (TPSA) is 101 Å². The van der Waals surface area contributed by atoms with Crippen LogP contribution >= 0.6 is 0 Å². The maximum atomic E-state index is 14.1. The van der Waals surface area contributed by atoms with Crippen molar-refractivity contribution >= 4 is 17.7 Å². The van der Waals surface area contributed by atoms with Gasteiger partial charge < -0.3 is 20.5 Å². The first-order chi connectivity index (χ1) is 15.1. The van der Waals surface area contributed by atoms with Crippen LogP contribution in [0.3, 0.4) is 0 Å². The van der Waals surface area contributed by atoms with Crippen molar-refractivity contribution in [3.8, 4) is 11.6 Å². The summed E-state index contributed by atoms with van der Waals surface area (Å²) in [6.07, 6.45) is -4.50. The number of carbonyl (C=O) groups excluding carboxylic acids is 1. The van der Waals surface area contributed by atoms with E-state index in [4.69, 9.17) is 9.84 Å². The Bertz CT molecular complexity index is 1120. The average molecular weight is 449 g/mol. The summed E-state index contributed by atoms with van der Waals surface area (Å²) in [5.41, 5.74) is -0.196. The number of anilines is 1. The summed E-state index contributed by atoms with van der Waals surface area (Å²) in [7, 11) is 0. The van der Waals surface area contributed by atoms with Crippen LogP contribution in [0.25, 0.3) is 0 Å². The van der Waals surface area contributed by atoms with Crippen LogP contribution < -0.4 is 15.4 Å². The van der Waals surface area contributed by atoms with Gasteiger partial charge >= 0.3 is 12.3 Å². The van der Waals surface area contributed by atoms with E-state index in [9.17, 15) is 27.2 Å². The largest absolute Gasteiger partial charge is 0.465 e. The second kappa shape index (κ2) is 9.33.